The zero-order valence-electron chi connectivity index (χ0n) is 13.1. The lowest BCUT2D eigenvalue weighted by Gasteiger charge is -2.35. The maximum atomic E-state index is 11.0. The van der Waals surface area contributed by atoms with Crippen LogP contribution in [-0.4, -0.2) is 45.4 Å². The number of piperidine rings is 1. The van der Waals surface area contributed by atoms with E-state index in [9.17, 15) is 13.2 Å². The highest BCUT2D eigenvalue weighted by atomic mass is 32.2. The maximum absolute atomic E-state index is 11.0. The minimum Gasteiger partial charge on any atom is -0.462 e. The lowest BCUT2D eigenvalue weighted by Crippen LogP contribution is -2.44. The second kappa shape index (κ2) is 7.95. The van der Waals surface area contributed by atoms with Crippen molar-refractivity contribution >= 4 is 16.6 Å². The van der Waals surface area contributed by atoms with Gasteiger partial charge in [-0.05, 0) is 53.1 Å². The van der Waals surface area contributed by atoms with Crippen molar-refractivity contribution in [3.8, 4) is 0 Å². The molecule has 1 aliphatic rings. The van der Waals surface area contributed by atoms with Crippen molar-refractivity contribution in [1.82, 2.24) is 5.32 Å². The fourth-order valence-corrected chi connectivity index (χ4v) is 2.77. The van der Waals surface area contributed by atoms with Gasteiger partial charge in [-0.3, -0.25) is 8.98 Å². The summed E-state index contributed by atoms with van der Waals surface area (Å²) in [5, 5.41) is 3.18. The van der Waals surface area contributed by atoms with Crippen molar-refractivity contribution in [2.45, 2.75) is 58.2 Å². The van der Waals surface area contributed by atoms with Crippen LogP contribution in [0.4, 0.5) is 0 Å². The predicted octanol–water partition coefficient (Wildman–Crippen LogP) is 1.45. The normalized spacial score (nSPS) is 18.6. The second-order valence-electron chi connectivity index (χ2n) is 5.90. The first-order valence-electron chi connectivity index (χ1n) is 6.76. The maximum Gasteiger partial charge on any atom is 0.293 e. The molecular weight excluding hydrogens is 282 g/mol. The van der Waals surface area contributed by atoms with E-state index in [1.165, 1.54) is 0 Å². The molecule has 1 saturated heterocycles. The van der Waals surface area contributed by atoms with E-state index in [4.69, 9.17) is 4.18 Å². The molecule has 6 nitrogen and oxygen atoms in total. The molecule has 7 heteroatoms. The number of hydrogen-bond donors (Lipinski definition) is 1. The van der Waals surface area contributed by atoms with Gasteiger partial charge < -0.3 is 10.1 Å². The summed E-state index contributed by atoms with van der Waals surface area (Å²) in [7, 11) is -3.32. The summed E-state index contributed by atoms with van der Waals surface area (Å²) in [6.07, 6.45) is 3.42. The van der Waals surface area contributed by atoms with E-state index < -0.39 is 15.7 Å². The number of hydrogen-bond acceptors (Lipinski definition) is 6. The lowest BCUT2D eigenvalue weighted by molar-refractivity contribution is -0.138. The van der Waals surface area contributed by atoms with E-state index in [0.29, 0.717) is 6.47 Å². The fraction of sp³-hybridized carbons (Fsp3) is 0.923. The highest BCUT2D eigenvalue weighted by Gasteiger charge is 2.34. The summed E-state index contributed by atoms with van der Waals surface area (Å²) in [6.45, 7) is 9.56. The Morgan fingerprint density at radius 2 is 1.75 bits per heavy atom. The van der Waals surface area contributed by atoms with Crippen molar-refractivity contribution in [1.29, 1.82) is 0 Å². The van der Waals surface area contributed by atoms with Gasteiger partial charge in [0.15, 0.2) is 0 Å². The zero-order chi connectivity index (χ0) is 15.9. The van der Waals surface area contributed by atoms with E-state index in [0.717, 1.165) is 38.6 Å². The zero-order valence-corrected chi connectivity index (χ0v) is 13.9. The van der Waals surface area contributed by atoms with Gasteiger partial charge in [-0.2, -0.15) is 8.42 Å². The van der Waals surface area contributed by atoms with E-state index in [-0.39, 0.29) is 5.60 Å². The average molecular weight is 309 g/mol. The predicted molar refractivity (Wildman–Crippen MR) is 78.0 cm³/mol. The largest absolute Gasteiger partial charge is 0.462 e. The first-order chi connectivity index (χ1) is 9.04. The Bertz CT molecular complexity index is 380. The monoisotopic (exact) mass is 309 g/mol. The van der Waals surface area contributed by atoms with E-state index in [1.807, 2.05) is 27.7 Å². The molecule has 0 aromatic heterocycles. The van der Waals surface area contributed by atoms with Crippen molar-refractivity contribution < 1.29 is 22.1 Å². The van der Waals surface area contributed by atoms with Crippen molar-refractivity contribution in [3.63, 3.8) is 0 Å². The molecule has 1 fully saturated rings. The van der Waals surface area contributed by atoms with Crippen LogP contribution in [0, 0.1) is 0 Å². The topological polar surface area (TPSA) is 81.7 Å². The summed E-state index contributed by atoms with van der Waals surface area (Å²) in [5.74, 6) is 0. The molecular formula is C13H27NO5S. The van der Waals surface area contributed by atoms with Crippen LogP contribution in [0.15, 0.2) is 0 Å². The van der Waals surface area contributed by atoms with Crippen LogP contribution in [0.25, 0.3) is 0 Å². The van der Waals surface area contributed by atoms with E-state index >= 15 is 0 Å². The highest BCUT2D eigenvalue weighted by Crippen LogP contribution is 2.28. The summed E-state index contributed by atoms with van der Waals surface area (Å²) >= 11 is 0. The molecule has 0 aromatic rings. The fourth-order valence-electron chi connectivity index (χ4n) is 1.84. The van der Waals surface area contributed by atoms with Gasteiger partial charge in [-0.1, -0.05) is 6.92 Å². The van der Waals surface area contributed by atoms with Gasteiger partial charge in [0.1, 0.15) is 5.60 Å². The molecule has 0 atom stereocenters. The minimum atomic E-state index is -3.32. The lowest BCUT2D eigenvalue weighted by atomic mass is 9.90. The van der Waals surface area contributed by atoms with Gasteiger partial charge in [0.2, 0.25) is 0 Å². The van der Waals surface area contributed by atoms with Crippen LogP contribution in [0.1, 0.15) is 47.0 Å². The molecule has 0 aliphatic carbocycles. The van der Waals surface area contributed by atoms with Crippen LogP contribution in [0.2, 0.25) is 0 Å². The molecule has 0 radical (unpaired) electrons. The van der Waals surface area contributed by atoms with Gasteiger partial charge in [0.25, 0.3) is 16.6 Å². The average Bonchev–Trinajstić information content (AvgIpc) is 2.27. The SMILES string of the molecule is CC(C)(C)OC=O.CCC1(OS(C)(=O)=O)CCNCC1. The molecule has 1 N–H and O–H groups in total. The van der Waals surface area contributed by atoms with Gasteiger partial charge in [-0.15, -0.1) is 0 Å². The van der Waals surface area contributed by atoms with Gasteiger partial charge >= 0.3 is 0 Å². The molecule has 120 valence electrons. The third-order valence-electron chi connectivity index (χ3n) is 2.89. The molecule has 0 aromatic carbocycles. The van der Waals surface area contributed by atoms with Gasteiger partial charge in [-0.25, -0.2) is 0 Å². The van der Waals surface area contributed by atoms with Crippen LogP contribution >= 0.6 is 0 Å². The van der Waals surface area contributed by atoms with Gasteiger partial charge in [0, 0.05) is 0 Å². The Morgan fingerprint density at radius 1 is 1.25 bits per heavy atom. The Balaban J connectivity index is 0.000000441. The molecule has 1 rings (SSSR count). The number of rotatable bonds is 4. The third-order valence-corrected chi connectivity index (χ3v) is 3.55. The Morgan fingerprint density at radius 3 is 2.00 bits per heavy atom. The van der Waals surface area contributed by atoms with E-state index in [1.54, 1.807) is 0 Å². The van der Waals surface area contributed by atoms with Crippen LogP contribution in [0.3, 0.4) is 0 Å². The van der Waals surface area contributed by atoms with Crippen molar-refractivity contribution in [3.05, 3.63) is 0 Å². The minimum absolute atomic E-state index is 0.318. The van der Waals surface area contributed by atoms with Crippen LogP contribution < -0.4 is 5.32 Å². The molecule has 0 amide bonds. The molecule has 0 unspecified atom stereocenters. The summed E-state index contributed by atoms with van der Waals surface area (Å²) in [6, 6.07) is 0. The van der Waals surface area contributed by atoms with Crippen LogP contribution in [-0.2, 0) is 23.8 Å². The molecule has 0 spiro atoms. The summed E-state index contributed by atoms with van der Waals surface area (Å²) in [5.41, 5.74) is -0.763. The summed E-state index contributed by atoms with van der Waals surface area (Å²) < 4.78 is 31.7. The summed E-state index contributed by atoms with van der Waals surface area (Å²) in [4.78, 5) is 9.60. The number of carbonyl (C=O) groups is 1. The van der Waals surface area contributed by atoms with Crippen molar-refractivity contribution in [2.24, 2.45) is 0 Å². The van der Waals surface area contributed by atoms with Crippen LogP contribution in [0.5, 0.6) is 0 Å². The second-order valence-corrected chi connectivity index (χ2v) is 7.48. The molecule has 20 heavy (non-hydrogen) atoms. The third kappa shape index (κ3) is 9.28. The van der Waals surface area contributed by atoms with Gasteiger partial charge in [0.05, 0.1) is 11.9 Å². The Labute approximate surface area is 122 Å². The quantitative estimate of drug-likeness (QED) is 0.625. The number of nitrogens with one attached hydrogen (secondary N) is 1. The molecule has 1 heterocycles. The van der Waals surface area contributed by atoms with Crippen molar-refractivity contribution in [2.75, 3.05) is 19.3 Å². The molecule has 0 saturated carbocycles. The number of ether oxygens (including phenoxy) is 1. The number of carbonyl (C=O) groups excluding carboxylic acids is 1. The van der Waals surface area contributed by atoms with E-state index in [2.05, 4.69) is 10.1 Å². The molecule has 1 aliphatic heterocycles. The smallest absolute Gasteiger partial charge is 0.293 e. The first kappa shape index (κ1) is 19.3. The standard InChI is InChI=1S/C8H17NO3S.C5H10O2/c1-3-8(12-13(2,10)11)4-6-9-7-5-8;1-5(2,3)7-4-6/h9H,3-7H2,1-2H3;4H,1-3H3. The first-order valence-corrected chi connectivity index (χ1v) is 8.58. The Hall–Kier alpha value is -0.660. The highest BCUT2D eigenvalue weighted by molar-refractivity contribution is 7.86. The molecule has 0 bridgehead atoms. The Kier molecular flexibility index (Phi) is 7.69.